The summed E-state index contributed by atoms with van der Waals surface area (Å²) in [6.07, 6.45) is 4.79. The van der Waals surface area contributed by atoms with Crippen LogP contribution in [0.2, 0.25) is 0 Å². The van der Waals surface area contributed by atoms with Crippen LogP contribution in [0.5, 0.6) is 0 Å². The lowest BCUT2D eigenvalue weighted by molar-refractivity contribution is 1.11. The zero-order valence-corrected chi connectivity index (χ0v) is 6.31. The number of nitrogens with one attached hydrogen (secondary N) is 1. The van der Waals surface area contributed by atoms with E-state index >= 15 is 0 Å². The van der Waals surface area contributed by atoms with Gasteiger partial charge in [-0.15, -0.1) is 0 Å². The van der Waals surface area contributed by atoms with E-state index in [1.54, 1.807) is 7.05 Å². The van der Waals surface area contributed by atoms with Gasteiger partial charge in [0.05, 0.1) is 5.84 Å². The van der Waals surface area contributed by atoms with Gasteiger partial charge in [-0.05, 0) is 13.1 Å². The third kappa shape index (κ3) is 3.76. The number of hydrogen-bond acceptors (Lipinski definition) is 1. The lowest BCUT2D eigenvalue weighted by atomic mass is 10.4. The molecule has 0 aromatic heterocycles. The molecule has 0 aromatic carbocycles. The van der Waals surface area contributed by atoms with Crippen molar-refractivity contribution >= 4 is 5.84 Å². The van der Waals surface area contributed by atoms with Crippen LogP contribution in [0.25, 0.3) is 0 Å². The summed E-state index contributed by atoms with van der Waals surface area (Å²) in [5.74, 6) is 1.02. The molecule has 1 N–H and O–H groups in total. The van der Waals surface area contributed by atoms with Gasteiger partial charge in [0, 0.05) is 13.5 Å². The van der Waals surface area contributed by atoms with Crippen LogP contribution in [0.15, 0.2) is 17.3 Å². The number of rotatable bonds is 2. The van der Waals surface area contributed by atoms with Crippen LogP contribution >= 0.6 is 0 Å². The minimum absolute atomic E-state index is 0.959. The fourth-order valence-electron chi connectivity index (χ4n) is 0.504. The molecule has 0 atom stereocenters. The Morgan fingerprint density at radius 1 is 1.67 bits per heavy atom. The van der Waals surface area contributed by atoms with Crippen molar-refractivity contribution in [2.75, 3.05) is 7.05 Å². The fourth-order valence-corrected chi connectivity index (χ4v) is 0.504. The van der Waals surface area contributed by atoms with E-state index in [0.717, 1.165) is 12.3 Å². The summed E-state index contributed by atoms with van der Waals surface area (Å²) in [5.41, 5.74) is 0. The summed E-state index contributed by atoms with van der Waals surface area (Å²) in [6.45, 7) is 4.04. The number of allylic oxidation sites excluding steroid dienone is 1. The van der Waals surface area contributed by atoms with E-state index in [-0.39, 0.29) is 0 Å². The molecule has 0 saturated carbocycles. The van der Waals surface area contributed by atoms with Crippen molar-refractivity contribution in [1.29, 1.82) is 0 Å². The molecular formula is C7H14N2. The van der Waals surface area contributed by atoms with Crippen LogP contribution in [0, 0.1) is 0 Å². The van der Waals surface area contributed by atoms with Crippen molar-refractivity contribution < 1.29 is 0 Å². The Labute approximate surface area is 56.7 Å². The number of nitrogens with zero attached hydrogens (tertiary/aromatic N) is 1. The number of aliphatic imine (C=N–C) groups is 1. The largest absolute Gasteiger partial charge is 0.351 e. The van der Waals surface area contributed by atoms with Gasteiger partial charge in [-0.1, -0.05) is 13.0 Å². The van der Waals surface area contributed by atoms with E-state index in [1.165, 1.54) is 0 Å². The highest BCUT2D eigenvalue weighted by molar-refractivity contribution is 5.82. The second kappa shape index (κ2) is 5.35. The quantitative estimate of drug-likeness (QED) is 0.440. The minimum Gasteiger partial charge on any atom is -0.351 e. The van der Waals surface area contributed by atoms with Crippen molar-refractivity contribution in [2.45, 2.75) is 20.3 Å². The predicted octanol–water partition coefficient (Wildman–Crippen LogP) is 1.55. The average molecular weight is 126 g/mol. The number of hydrogen-bond donors (Lipinski definition) is 1. The van der Waals surface area contributed by atoms with Crippen LogP contribution in [-0.4, -0.2) is 12.9 Å². The molecule has 0 spiro atoms. The highest BCUT2D eigenvalue weighted by Crippen LogP contribution is 1.78. The summed E-state index contributed by atoms with van der Waals surface area (Å²) in [7, 11) is 1.79. The summed E-state index contributed by atoms with van der Waals surface area (Å²) in [6, 6.07) is 0. The molecule has 0 unspecified atom stereocenters. The molecule has 0 aliphatic heterocycles. The Morgan fingerprint density at radius 2 is 2.33 bits per heavy atom. The van der Waals surface area contributed by atoms with Gasteiger partial charge in [-0.3, -0.25) is 4.99 Å². The molecule has 0 amide bonds. The molecule has 0 aromatic rings. The Morgan fingerprint density at radius 3 is 2.67 bits per heavy atom. The van der Waals surface area contributed by atoms with Crippen molar-refractivity contribution in [3.63, 3.8) is 0 Å². The minimum atomic E-state index is 0.959. The topological polar surface area (TPSA) is 24.4 Å². The smallest absolute Gasteiger partial charge is 0.0996 e. The molecule has 0 radical (unpaired) electrons. The fraction of sp³-hybridized carbons (Fsp3) is 0.571. The van der Waals surface area contributed by atoms with Gasteiger partial charge in [-0.2, -0.15) is 0 Å². The Kier molecular flexibility index (Phi) is 4.88. The maximum absolute atomic E-state index is 4.00. The first-order valence-electron chi connectivity index (χ1n) is 3.18. The second-order valence-corrected chi connectivity index (χ2v) is 1.67. The molecule has 0 rings (SSSR count). The molecule has 0 aliphatic rings. The third-order valence-corrected chi connectivity index (χ3v) is 1.02. The van der Waals surface area contributed by atoms with Crippen molar-refractivity contribution in [3.8, 4) is 0 Å². The Hall–Kier alpha value is -0.790. The predicted molar refractivity (Wildman–Crippen MR) is 41.6 cm³/mol. The monoisotopic (exact) mass is 126 g/mol. The van der Waals surface area contributed by atoms with Crippen molar-refractivity contribution in [2.24, 2.45) is 4.99 Å². The average Bonchev–Trinajstić information content (AvgIpc) is 1.91. The highest BCUT2D eigenvalue weighted by Gasteiger charge is 1.84. The first-order chi connectivity index (χ1) is 4.35. The van der Waals surface area contributed by atoms with Crippen LogP contribution in [0.1, 0.15) is 20.3 Å². The molecule has 52 valence electrons. The second-order valence-electron chi connectivity index (χ2n) is 1.67. The normalized spacial score (nSPS) is 12.6. The molecule has 0 aliphatic carbocycles. The molecule has 2 heteroatoms. The number of amidine groups is 1. The van der Waals surface area contributed by atoms with Crippen LogP contribution < -0.4 is 5.32 Å². The van der Waals surface area contributed by atoms with Crippen LogP contribution in [-0.2, 0) is 0 Å². The standard InChI is InChI=1S/C7H14N2/c1-4-6-9-7(5-2)8-3/h4,6H,5H2,1-3H3,(H,8,9)/b6-4-. The van der Waals surface area contributed by atoms with Crippen molar-refractivity contribution in [1.82, 2.24) is 5.32 Å². The van der Waals surface area contributed by atoms with Gasteiger partial charge < -0.3 is 5.32 Å². The summed E-state index contributed by atoms with van der Waals surface area (Å²) >= 11 is 0. The van der Waals surface area contributed by atoms with Gasteiger partial charge in [0.15, 0.2) is 0 Å². The lowest BCUT2D eigenvalue weighted by Gasteiger charge is -1.98. The maximum Gasteiger partial charge on any atom is 0.0996 e. The van der Waals surface area contributed by atoms with Gasteiger partial charge in [0.25, 0.3) is 0 Å². The van der Waals surface area contributed by atoms with E-state index in [9.17, 15) is 0 Å². The molecule has 2 nitrogen and oxygen atoms in total. The zero-order chi connectivity index (χ0) is 7.11. The van der Waals surface area contributed by atoms with E-state index in [1.807, 2.05) is 19.2 Å². The van der Waals surface area contributed by atoms with Gasteiger partial charge in [-0.25, -0.2) is 0 Å². The van der Waals surface area contributed by atoms with E-state index in [2.05, 4.69) is 17.2 Å². The SMILES string of the molecule is C/C=C\NC(CC)=NC. The first-order valence-corrected chi connectivity index (χ1v) is 3.18. The molecule has 9 heavy (non-hydrogen) atoms. The van der Waals surface area contributed by atoms with E-state index in [0.29, 0.717) is 0 Å². The third-order valence-electron chi connectivity index (χ3n) is 1.02. The molecule has 0 bridgehead atoms. The van der Waals surface area contributed by atoms with Gasteiger partial charge in [0.2, 0.25) is 0 Å². The maximum atomic E-state index is 4.00. The zero-order valence-electron chi connectivity index (χ0n) is 6.31. The molecule has 0 fully saturated rings. The van der Waals surface area contributed by atoms with E-state index in [4.69, 9.17) is 0 Å². The van der Waals surface area contributed by atoms with Gasteiger partial charge in [0.1, 0.15) is 0 Å². The Bertz CT molecular complexity index is 114. The van der Waals surface area contributed by atoms with Gasteiger partial charge >= 0.3 is 0 Å². The summed E-state index contributed by atoms with van der Waals surface area (Å²) in [5, 5.41) is 3.04. The highest BCUT2D eigenvalue weighted by atomic mass is 15.0. The molecule has 0 saturated heterocycles. The van der Waals surface area contributed by atoms with Crippen molar-refractivity contribution in [3.05, 3.63) is 12.3 Å². The van der Waals surface area contributed by atoms with Crippen LogP contribution in [0.4, 0.5) is 0 Å². The van der Waals surface area contributed by atoms with Crippen LogP contribution in [0.3, 0.4) is 0 Å². The lowest BCUT2D eigenvalue weighted by Crippen LogP contribution is -2.15. The summed E-state index contributed by atoms with van der Waals surface area (Å²) in [4.78, 5) is 4.00. The molecule has 0 heterocycles. The Balaban J connectivity index is 3.58. The first kappa shape index (κ1) is 8.21. The van der Waals surface area contributed by atoms with E-state index < -0.39 is 0 Å². The molecular weight excluding hydrogens is 112 g/mol. The summed E-state index contributed by atoms with van der Waals surface area (Å²) < 4.78 is 0.